The van der Waals surface area contributed by atoms with Gasteiger partial charge in [-0.15, -0.1) is 0 Å². The van der Waals surface area contributed by atoms with Gasteiger partial charge in [0.25, 0.3) is 0 Å². The number of piperidine rings is 1. The summed E-state index contributed by atoms with van der Waals surface area (Å²) in [5.41, 5.74) is 2.14. The number of amides is 1. The molecule has 134 valence electrons. The van der Waals surface area contributed by atoms with E-state index in [4.69, 9.17) is 4.52 Å². The summed E-state index contributed by atoms with van der Waals surface area (Å²) >= 11 is 0. The van der Waals surface area contributed by atoms with Crippen LogP contribution in [0, 0.1) is 0 Å². The van der Waals surface area contributed by atoms with Gasteiger partial charge in [-0.25, -0.2) is 9.97 Å². The molecule has 1 amide bonds. The van der Waals surface area contributed by atoms with Gasteiger partial charge in [-0.3, -0.25) is 4.79 Å². The number of carbonyl (C=O) groups is 1. The molecule has 2 aromatic heterocycles. The van der Waals surface area contributed by atoms with E-state index in [0.29, 0.717) is 17.8 Å². The van der Waals surface area contributed by atoms with Gasteiger partial charge in [0.05, 0.1) is 18.7 Å². The number of hydrogen-bond donors (Lipinski definition) is 1. The van der Waals surface area contributed by atoms with Crippen LogP contribution >= 0.6 is 0 Å². The zero-order valence-electron chi connectivity index (χ0n) is 14.5. The molecule has 0 radical (unpaired) electrons. The summed E-state index contributed by atoms with van der Waals surface area (Å²) in [6, 6.07) is 9.37. The molecule has 7 heteroatoms. The van der Waals surface area contributed by atoms with Crippen molar-refractivity contribution in [3.05, 3.63) is 47.9 Å². The van der Waals surface area contributed by atoms with Crippen molar-refractivity contribution in [3.63, 3.8) is 0 Å². The predicted octanol–water partition coefficient (Wildman–Crippen LogP) is 2.47. The van der Waals surface area contributed by atoms with Crippen molar-refractivity contribution in [2.75, 3.05) is 18.0 Å². The predicted molar refractivity (Wildman–Crippen MR) is 97.7 cm³/mol. The summed E-state index contributed by atoms with van der Waals surface area (Å²) in [5, 5.41) is 7.77. The fourth-order valence-electron chi connectivity index (χ4n) is 3.20. The first-order chi connectivity index (χ1) is 12.8. The lowest BCUT2D eigenvalue weighted by Gasteiger charge is -2.26. The quantitative estimate of drug-likeness (QED) is 0.760. The van der Waals surface area contributed by atoms with Crippen LogP contribution < -0.4 is 10.2 Å². The molecule has 1 aromatic carbocycles. The van der Waals surface area contributed by atoms with Gasteiger partial charge < -0.3 is 14.7 Å². The Hall–Kier alpha value is -2.96. The van der Waals surface area contributed by atoms with E-state index in [9.17, 15) is 4.79 Å². The van der Waals surface area contributed by atoms with Crippen LogP contribution in [0.4, 0.5) is 5.95 Å². The third-order valence-corrected chi connectivity index (χ3v) is 4.59. The van der Waals surface area contributed by atoms with Crippen LogP contribution in [0.3, 0.4) is 0 Å². The van der Waals surface area contributed by atoms with E-state index in [1.807, 2.05) is 30.3 Å². The Kier molecular flexibility index (Phi) is 4.77. The fraction of sp³-hybridized carbons (Fsp3) is 0.368. The molecule has 1 aliphatic heterocycles. The molecule has 0 atom stereocenters. The van der Waals surface area contributed by atoms with Crippen LogP contribution in [0.1, 0.15) is 30.7 Å². The number of aromatic nitrogens is 3. The van der Waals surface area contributed by atoms with Crippen molar-refractivity contribution in [1.82, 2.24) is 20.4 Å². The molecular weight excluding hydrogens is 330 g/mol. The molecule has 0 saturated carbocycles. The van der Waals surface area contributed by atoms with Crippen molar-refractivity contribution < 1.29 is 9.32 Å². The maximum absolute atomic E-state index is 12.3. The van der Waals surface area contributed by atoms with Crippen molar-refractivity contribution in [3.8, 4) is 0 Å². The summed E-state index contributed by atoms with van der Waals surface area (Å²) in [4.78, 5) is 23.4. The highest BCUT2D eigenvalue weighted by atomic mass is 16.5. The molecule has 0 aliphatic carbocycles. The second kappa shape index (κ2) is 7.51. The van der Waals surface area contributed by atoms with Crippen LogP contribution in [0.5, 0.6) is 0 Å². The molecule has 1 saturated heterocycles. The monoisotopic (exact) mass is 351 g/mol. The molecule has 7 nitrogen and oxygen atoms in total. The molecule has 3 aromatic rings. The number of fused-ring (bicyclic) bond motifs is 1. The molecule has 4 rings (SSSR count). The normalized spacial score (nSPS) is 14.5. The fourth-order valence-corrected chi connectivity index (χ4v) is 3.20. The molecule has 3 heterocycles. The van der Waals surface area contributed by atoms with Crippen molar-refractivity contribution in [1.29, 1.82) is 0 Å². The summed E-state index contributed by atoms with van der Waals surface area (Å²) in [6.45, 7) is 2.36. The smallest absolute Gasteiger partial charge is 0.226 e. The van der Waals surface area contributed by atoms with Gasteiger partial charge in [-0.05, 0) is 37.5 Å². The zero-order valence-corrected chi connectivity index (χ0v) is 14.5. The van der Waals surface area contributed by atoms with Crippen molar-refractivity contribution in [2.45, 2.75) is 32.2 Å². The van der Waals surface area contributed by atoms with E-state index in [2.05, 4.69) is 25.3 Å². The summed E-state index contributed by atoms with van der Waals surface area (Å²) in [6.07, 6.45) is 5.56. The Bertz CT molecular complexity index is 902. The number of nitrogens with zero attached hydrogens (tertiary/aromatic N) is 4. The van der Waals surface area contributed by atoms with E-state index in [1.54, 1.807) is 6.20 Å². The molecular formula is C19H21N5O2. The summed E-state index contributed by atoms with van der Waals surface area (Å²) < 4.78 is 5.24. The molecule has 0 bridgehead atoms. The highest BCUT2D eigenvalue weighted by molar-refractivity contribution is 5.86. The Morgan fingerprint density at radius 2 is 2.00 bits per heavy atom. The Morgan fingerprint density at radius 1 is 1.15 bits per heavy atom. The third-order valence-electron chi connectivity index (χ3n) is 4.59. The largest absolute Gasteiger partial charge is 0.356 e. The maximum atomic E-state index is 12.3. The number of nitrogens with one attached hydrogen (secondary N) is 1. The van der Waals surface area contributed by atoms with E-state index < -0.39 is 0 Å². The molecule has 0 unspecified atom stereocenters. The van der Waals surface area contributed by atoms with E-state index in [0.717, 1.165) is 30.1 Å². The average Bonchev–Trinajstić information content (AvgIpc) is 3.10. The van der Waals surface area contributed by atoms with Crippen LogP contribution in [-0.4, -0.2) is 34.1 Å². The lowest BCUT2D eigenvalue weighted by atomic mass is 10.1. The second-order valence-electron chi connectivity index (χ2n) is 6.47. The molecule has 1 aliphatic rings. The SMILES string of the molecule is O=C(Cc1noc2ccccc12)NCc1ccnc(N2CCCCC2)n1. The maximum Gasteiger partial charge on any atom is 0.226 e. The first-order valence-electron chi connectivity index (χ1n) is 8.96. The topological polar surface area (TPSA) is 84.2 Å². The number of benzene rings is 1. The van der Waals surface area contributed by atoms with Gasteiger partial charge in [0.15, 0.2) is 5.58 Å². The standard InChI is InChI=1S/C19H21N5O2/c25-18(12-16-15-6-2-3-7-17(15)26-23-16)21-13-14-8-9-20-19(22-14)24-10-4-1-5-11-24/h2-3,6-9H,1,4-5,10-13H2,(H,21,25). The number of anilines is 1. The van der Waals surface area contributed by atoms with Crippen LogP contribution in [0.2, 0.25) is 0 Å². The summed E-state index contributed by atoms with van der Waals surface area (Å²) in [7, 11) is 0. The van der Waals surface area contributed by atoms with Gasteiger partial charge in [0.1, 0.15) is 5.69 Å². The number of carbonyl (C=O) groups excluding carboxylic acids is 1. The Morgan fingerprint density at radius 3 is 2.88 bits per heavy atom. The number of para-hydroxylation sites is 1. The summed E-state index contributed by atoms with van der Waals surface area (Å²) in [5.74, 6) is 0.640. The van der Waals surface area contributed by atoms with Gasteiger partial charge in [0.2, 0.25) is 11.9 Å². The Labute approximate surface area is 151 Å². The molecule has 1 fully saturated rings. The average molecular weight is 351 g/mol. The second-order valence-corrected chi connectivity index (χ2v) is 6.47. The van der Waals surface area contributed by atoms with E-state index in [1.165, 1.54) is 19.3 Å². The minimum absolute atomic E-state index is 0.109. The van der Waals surface area contributed by atoms with Crippen LogP contribution in [-0.2, 0) is 17.8 Å². The zero-order chi connectivity index (χ0) is 17.8. The highest BCUT2D eigenvalue weighted by Crippen LogP contribution is 2.18. The van der Waals surface area contributed by atoms with Gasteiger partial charge in [-0.2, -0.15) is 0 Å². The third kappa shape index (κ3) is 3.66. The highest BCUT2D eigenvalue weighted by Gasteiger charge is 2.15. The van der Waals surface area contributed by atoms with Gasteiger partial charge in [0, 0.05) is 24.7 Å². The van der Waals surface area contributed by atoms with Crippen molar-refractivity contribution >= 4 is 22.8 Å². The van der Waals surface area contributed by atoms with Crippen LogP contribution in [0.15, 0.2) is 41.1 Å². The van der Waals surface area contributed by atoms with Crippen molar-refractivity contribution in [2.24, 2.45) is 0 Å². The van der Waals surface area contributed by atoms with E-state index >= 15 is 0 Å². The molecule has 26 heavy (non-hydrogen) atoms. The minimum atomic E-state index is -0.109. The molecule has 0 spiro atoms. The van der Waals surface area contributed by atoms with Crippen LogP contribution in [0.25, 0.3) is 11.0 Å². The Balaban J connectivity index is 1.37. The molecule has 1 N–H and O–H groups in total. The van der Waals surface area contributed by atoms with Gasteiger partial charge in [-0.1, -0.05) is 17.3 Å². The minimum Gasteiger partial charge on any atom is -0.356 e. The first-order valence-corrected chi connectivity index (χ1v) is 8.96. The van der Waals surface area contributed by atoms with Gasteiger partial charge >= 0.3 is 0 Å². The number of rotatable bonds is 5. The lowest BCUT2D eigenvalue weighted by molar-refractivity contribution is -0.120. The first kappa shape index (κ1) is 16.5. The lowest BCUT2D eigenvalue weighted by Crippen LogP contribution is -2.31. The van der Waals surface area contributed by atoms with E-state index in [-0.39, 0.29) is 12.3 Å². The number of hydrogen-bond acceptors (Lipinski definition) is 6.